The number of ether oxygens (including phenoxy) is 1. The van der Waals surface area contributed by atoms with Crippen LogP contribution >= 0.6 is 0 Å². The molecule has 8 heteroatoms. The van der Waals surface area contributed by atoms with Crippen molar-refractivity contribution in [3.05, 3.63) is 18.0 Å². The Morgan fingerprint density at radius 3 is 2.64 bits per heavy atom. The van der Waals surface area contributed by atoms with Gasteiger partial charge in [0, 0.05) is 39.4 Å². The molecule has 1 atom stereocenters. The van der Waals surface area contributed by atoms with E-state index >= 15 is 0 Å². The first-order valence-corrected chi connectivity index (χ1v) is 10.5. The molecule has 4 rings (SSSR count). The Bertz CT molecular complexity index is 694. The SMILES string of the molecule is Cn1nccc1C(=O)NC[C@@H]1CN(CC2CCN(CC3CC3)CC2)C(=O)CO1. The molecule has 2 amide bonds. The summed E-state index contributed by atoms with van der Waals surface area (Å²) in [5.74, 6) is 1.41. The molecular formula is C20H31N5O3. The van der Waals surface area contributed by atoms with Crippen LogP contribution in [0.3, 0.4) is 0 Å². The molecule has 1 saturated carbocycles. The monoisotopic (exact) mass is 389 g/mol. The Morgan fingerprint density at radius 2 is 1.96 bits per heavy atom. The van der Waals surface area contributed by atoms with Gasteiger partial charge in [-0.05, 0) is 56.7 Å². The second-order valence-electron chi connectivity index (χ2n) is 8.47. The summed E-state index contributed by atoms with van der Waals surface area (Å²) in [6.07, 6.45) is 6.58. The maximum Gasteiger partial charge on any atom is 0.269 e. The zero-order chi connectivity index (χ0) is 19.5. The lowest BCUT2D eigenvalue weighted by molar-refractivity contribution is -0.149. The lowest BCUT2D eigenvalue weighted by Gasteiger charge is -2.38. The lowest BCUT2D eigenvalue weighted by atomic mass is 9.95. The summed E-state index contributed by atoms with van der Waals surface area (Å²) in [5.41, 5.74) is 0.515. The zero-order valence-electron chi connectivity index (χ0n) is 16.7. The molecule has 2 saturated heterocycles. The minimum atomic E-state index is -0.171. The van der Waals surface area contributed by atoms with Crippen molar-refractivity contribution in [3.63, 3.8) is 0 Å². The van der Waals surface area contributed by atoms with Gasteiger partial charge in [-0.3, -0.25) is 14.3 Å². The van der Waals surface area contributed by atoms with Crippen LogP contribution in [0.15, 0.2) is 12.3 Å². The number of nitrogens with one attached hydrogen (secondary N) is 1. The van der Waals surface area contributed by atoms with Gasteiger partial charge in [-0.2, -0.15) is 5.10 Å². The summed E-state index contributed by atoms with van der Waals surface area (Å²) < 4.78 is 7.18. The molecule has 3 fully saturated rings. The van der Waals surface area contributed by atoms with E-state index in [1.54, 1.807) is 24.0 Å². The number of rotatable bonds is 7. The minimum Gasteiger partial charge on any atom is -0.365 e. The molecule has 0 aromatic carbocycles. The number of morpholine rings is 1. The van der Waals surface area contributed by atoms with Gasteiger partial charge in [0.25, 0.3) is 5.91 Å². The van der Waals surface area contributed by atoms with Gasteiger partial charge in [-0.25, -0.2) is 0 Å². The topological polar surface area (TPSA) is 79.7 Å². The normalized spacial score (nSPS) is 24.5. The predicted octanol–water partition coefficient (Wildman–Crippen LogP) is 0.499. The van der Waals surface area contributed by atoms with Crippen molar-refractivity contribution in [2.45, 2.75) is 31.8 Å². The third-order valence-electron chi connectivity index (χ3n) is 6.16. The van der Waals surface area contributed by atoms with Crippen LogP contribution < -0.4 is 5.32 Å². The van der Waals surface area contributed by atoms with Gasteiger partial charge in [-0.1, -0.05) is 0 Å². The maximum atomic E-state index is 12.3. The van der Waals surface area contributed by atoms with Crippen LogP contribution in [0.25, 0.3) is 0 Å². The zero-order valence-corrected chi connectivity index (χ0v) is 16.7. The predicted molar refractivity (Wildman–Crippen MR) is 104 cm³/mol. The average Bonchev–Trinajstić information content (AvgIpc) is 3.41. The molecule has 1 aromatic heterocycles. The Balaban J connectivity index is 1.21. The van der Waals surface area contributed by atoms with E-state index in [1.807, 2.05) is 4.90 Å². The first-order chi connectivity index (χ1) is 13.6. The fraction of sp³-hybridized carbons (Fsp3) is 0.750. The highest BCUT2D eigenvalue weighted by molar-refractivity contribution is 5.92. The highest BCUT2D eigenvalue weighted by Gasteiger charge is 2.31. The Hall–Kier alpha value is -1.93. The fourth-order valence-corrected chi connectivity index (χ4v) is 4.20. The Labute approximate surface area is 166 Å². The van der Waals surface area contributed by atoms with Gasteiger partial charge in [0.05, 0.1) is 6.10 Å². The highest BCUT2D eigenvalue weighted by atomic mass is 16.5. The molecule has 154 valence electrons. The van der Waals surface area contributed by atoms with E-state index in [0.29, 0.717) is 24.7 Å². The van der Waals surface area contributed by atoms with Crippen molar-refractivity contribution in [1.82, 2.24) is 24.9 Å². The molecule has 1 N–H and O–H groups in total. The number of carbonyl (C=O) groups excluding carboxylic acids is 2. The molecule has 3 heterocycles. The van der Waals surface area contributed by atoms with Crippen molar-refractivity contribution in [2.75, 3.05) is 45.9 Å². The van der Waals surface area contributed by atoms with E-state index in [9.17, 15) is 9.59 Å². The fourth-order valence-electron chi connectivity index (χ4n) is 4.20. The number of hydrogen-bond donors (Lipinski definition) is 1. The maximum absolute atomic E-state index is 12.3. The quantitative estimate of drug-likeness (QED) is 0.735. The summed E-state index contributed by atoms with van der Waals surface area (Å²) in [5, 5.41) is 6.91. The number of nitrogens with zero attached hydrogens (tertiary/aromatic N) is 4. The van der Waals surface area contributed by atoms with Crippen LogP contribution in [0.4, 0.5) is 0 Å². The number of aryl methyl sites for hydroxylation is 1. The third-order valence-corrected chi connectivity index (χ3v) is 6.16. The van der Waals surface area contributed by atoms with E-state index in [4.69, 9.17) is 4.74 Å². The molecule has 0 unspecified atom stereocenters. The van der Waals surface area contributed by atoms with E-state index in [-0.39, 0.29) is 24.5 Å². The molecule has 1 aliphatic carbocycles. The second-order valence-corrected chi connectivity index (χ2v) is 8.47. The molecule has 3 aliphatic rings. The Kier molecular flexibility index (Phi) is 5.96. The van der Waals surface area contributed by atoms with Crippen LogP contribution in [-0.2, 0) is 16.6 Å². The van der Waals surface area contributed by atoms with Gasteiger partial charge in [0.2, 0.25) is 5.91 Å². The van der Waals surface area contributed by atoms with Gasteiger partial charge >= 0.3 is 0 Å². The Morgan fingerprint density at radius 1 is 1.21 bits per heavy atom. The third kappa shape index (κ3) is 4.91. The van der Waals surface area contributed by atoms with Crippen molar-refractivity contribution in [2.24, 2.45) is 18.9 Å². The largest absolute Gasteiger partial charge is 0.365 e. The number of aromatic nitrogens is 2. The van der Waals surface area contributed by atoms with E-state index in [0.717, 1.165) is 25.6 Å². The average molecular weight is 390 g/mol. The number of piperidine rings is 1. The molecule has 0 spiro atoms. The highest BCUT2D eigenvalue weighted by Crippen LogP contribution is 2.31. The molecule has 1 aromatic rings. The lowest BCUT2D eigenvalue weighted by Crippen LogP contribution is -2.52. The smallest absolute Gasteiger partial charge is 0.269 e. The first kappa shape index (κ1) is 19.4. The number of hydrogen-bond acceptors (Lipinski definition) is 5. The molecule has 28 heavy (non-hydrogen) atoms. The summed E-state index contributed by atoms with van der Waals surface area (Å²) in [4.78, 5) is 29.0. The van der Waals surface area contributed by atoms with Gasteiger partial charge < -0.3 is 19.9 Å². The molecule has 0 bridgehead atoms. The van der Waals surface area contributed by atoms with Crippen LogP contribution in [0.2, 0.25) is 0 Å². The van der Waals surface area contributed by atoms with Gasteiger partial charge in [0.15, 0.2) is 0 Å². The molecule has 0 radical (unpaired) electrons. The van der Waals surface area contributed by atoms with Crippen LogP contribution in [0, 0.1) is 11.8 Å². The van der Waals surface area contributed by atoms with Crippen LogP contribution in [0.1, 0.15) is 36.2 Å². The van der Waals surface area contributed by atoms with Crippen molar-refractivity contribution >= 4 is 11.8 Å². The van der Waals surface area contributed by atoms with Crippen molar-refractivity contribution in [1.29, 1.82) is 0 Å². The molecule has 8 nitrogen and oxygen atoms in total. The first-order valence-electron chi connectivity index (χ1n) is 10.5. The standard InChI is InChI=1S/C20H31N5O3/c1-23-18(4-7-22-23)20(27)21-10-17-13-25(19(26)14-28-17)12-16-5-8-24(9-6-16)11-15-2-3-15/h4,7,15-17H,2-3,5-6,8-14H2,1H3,(H,21,27)/t17-/m1/s1. The summed E-state index contributed by atoms with van der Waals surface area (Å²) in [6, 6.07) is 1.68. The van der Waals surface area contributed by atoms with E-state index in [2.05, 4.69) is 15.3 Å². The number of amides is 2. The minimum absolute atomic E-state index is 0.0645. The molecule has 2 aliphatic heterocycles. The summed E-state index contributed by atoms with van der Waals surface area (Å²) in [6.45, 7) is 5.44. The number of carbonyl (C=O) groups is 2. The van der Waals surface area contributed by atoms with Gasteiger partial charge in [-0.15, -0.1) is 0 Å². The summed E-state index contributed by atoms with van der Waals surface area (Å²) >= 11 is 0. The van der Waals surface area contributed by atoms with Crippen LogP contribution in [0.5, 0.6) is 0 Å². The van der Waals surface area contributed by atoms with Gasteiger partial charge in [0.1, 0.15) is 12.3 Å². The van der Waals surface area contributed by atoms with Crippen molar-refractivity contribution in [3.8, 4) is 0 Å². The summed E-state index contributed by atoms with van der Waals surface area (Å²) in [7, 11) is 1.74. The van der Waals surface area contributed by atoms with E-state index in [1.165, 1.54) is 32.2 Å². The molecular weight excluding hydrogens is 358 g/mol. The van der Waals surface area contributed by atoms with E-state index < -0.39 is 0 Å². The second kappa shape index (κ2) is 8.61. The van der Waals surface area contributed by atoms with Crippen molar-refractivity contribution < 1.29 is 14.3 Å². The number of likely N-dealkylation sites (tertiary alicyclic amines) is 1. The van der Waals surface area contributed by atoms with Crippen LogP contribution in [-0.4, -0.2) is 83.4 Å².